The first-order valence-corrected chi connectivity index (χ1v) is 10.0. The van der Waals surface area contributed by atoms with Gasteiger partial charge in [0.15, 0.2) is 0 Å². The Labute approximate surface area is 145 Å². The Hall–Kier alpha value is -1.32. The third-order valence-corrected chi connectivity index (χ3v) is 6.36. The predicted octanol–water partition coefficient (Wildman–Crippen LogP) is 2.24. The van der Waals surface area contributed by atoms with Gasteiger partial charge in [-0.3, -0.25) is 4.90 Å². The molecule has 0 saturated carbocycles. The van der Waals surface area contributed by atoms with E-state index >= 15 is 0 Å². The van der Waals surface area contributed by atoms with Crippen molar-refractivity contribution in [3.8, 4) is 0 Å². The average molecular weight is 370 g/mol. The van der Waals surface area contributed by atoms with Crippen LogP contribution in [0.1, 0.15) is 10.9 Å². The van der Waals surface area contributed by atoms with E-state index in [0.29, 0.717) is 13.2 Å². The third-order valence-electron chi connectivity index (χ3n) is 3.95. The molecule has 1 fully saturated rings. The second-order valence-electron chi connectivity index (χ2n) is 5.49. The molecule has 0 bridgehead atoms. The summed E-state index contributed by atoms with van der Waals surface area (Å²) in [4.78, 5) is 3.40. The number of benzene rings is 1. The van der Waals surface area contributed by atoms with E-state index in [-0.39, 0.29) is 17.5 Å². The van der Waals surface area contributed by atoms with Gasteiger partial charge in [0.2, 0.25) is 10.0 Å². The van der Waals surface area contributed by atoms with Crippen LogP contribution < -0.4 is 4.72 Å². The van der Waals surface area contributed by atoms with Crippen molar-refractivity contribution in [1.29, 1.82) is 0 Å². The Balaban J connectivity index is 1.74. The maximum absolute atomic E-state index is 13.0. The highest BCUT2D eigenvalue weighted by Gasteiger charge is 2.25. The number of halogens is 1. The quantitative estimate of drug-likeness (QED) is 0.847. The molecule has 2 heterocycles. The zero-order chi connectivity index (χ0) is 17.0. The van der Waals surface area contributed by atoms with Gasteiger partial charge in [0, 0.05) is 24.5 Å². The molecule has 1 aliphatic heterocycles. The summed E-state index contributed by atoms with van der Waals surface area (Å²) in [5.74, 6) is -0.460. The Morgan fingerprint density at radius 1 is 1.21 bits per heavy atom. The fraction of sp³-hybridized carbons (Fsp3) is 0.375. The Kier molecular flexibility index (Phi) is 5.62. The molecule has 1 atom stereocenters. The normalized spacial score (nSPS) is 17.7. The minimum atomic E-state index is -3.67. The molecule has 0 radical (unpaired) electrons. The standard InChI is InChI=1S/C16H19FN2O3S2/c17-13-3-5-14(6-4-13)24(20,21)18-12-15(16-2-1-11-23-16)19-7-9-22-10-8-19/h1-6,11,15,18H,7-10,12H2/t15-/m0/s1. The molecule has 5 nitrogen and oxygen atoms in total. The van der Waals surface area contributed by atoms with Crippen molar-refractivity contribution < 1.29 is 17.5 Å². The van der Waals surface area contributed by atoms with Crippen molar-refractivity contribution in [3.63, 3.8) is 0 Å². The Bertz CT molecular complexity index is 742. The number of thiophene rings is 1. The van der Waals surface area contributed by atoms with Crippen molar-refractivity contribution >= 4 is 21.4 Å². The van der Waals surface area contributed by atoms with Crippen LogP contribution in [0.25, 0.3) is 0 Å². The Morgan fingerprint density at radius 2 is 1.92 bits per heavy atom. The lowest BCUT2D eigenvalue weighted by atomic mass is 10.2. The minimum Gasteiger partial charge on any atom is -0.379 e. The van der Waals surface area contributed by atoms with Gasteiger partial charge in [-0.2, -0.15) is 0 Å². The van der Waals surface area contributed by atoms with E-state index in [9.17, 15) is 12.8 Å². The second kappa shape index (κ2) is 7.71. The topological polar surface area (TPSA) is 58.6 Å². The molecule has 24 heavy (non-hydrogen) atoms. The summed E-state index contributed by atoms with van der Waals surface area (Å²) >= 11 is 1.61. The van der Waals surface area contributed by atoms with Gasteiger partial charge in [0.05, 0.1) is 24.2 Å². The van der Waals surface area contributed by atoms with Gasteiger partial charge in [0.1, 0.15) is 5.82 Å². The lowest BCUT2D eigenvalue weighted by Gasteiger charge is -2.34. The molecular weight excluding hydrogens is 351 g/mol. The van der Waals surface area contributed by atoms with Crippen molar-refractivity contribution in [2.45, 2.75) is 10.9 Å². The van der Waals surface area contributed by atoms with Gasteiger partial charge in [-0.15, -0.1) is 11.3 Å². The van der Waals surface area contributed by atoms with E-state index in [1.54, 1.807) is 11.3 Å². The van der Waals surface area contributed by atoms with E-state index in [0.717, 1.165) is 30.1 Å². The molecule has 1 aliphatic rings. The zero-order valence-electron chi connectivity index (χ0n) is 13.0. The van der Waals surface area contributed by atoms with Crippen LogP contribution in [0.5, 0.6) is 0 Å². The van der Waals surface area contributed by atoms with Crippen LogP contribution in [-0.2, 0) is 14.8 Å². The van der Waals surface area contributed by atoms with Gasteiger partial charge in [-0.05, 0) is 35.7 Å². The van der Waals surface area contributed by atoms with Crippen molar-refractivity contribution in [2.24, 2.45) is 0 Å². The van der Waals surface area contributed by atoms with Crippen molar-refractivity contribution in [3.05, 3.63) is 52.5 Å². The lowest BCUT2D eigenvalue weighted by Crippen LogP contribution is -2.43. The second-order valence-corrected chi connectivity index (χ2v) is 8.23. The highest BCUT2D eigenvalue weighted by Crippen LogP contribution is 2.26. The fourth-order valence-electron chi connectivity index (χ4n) is 2.67. The van der Waals surface area contributed by atoms with Crippen LogP contribution >= 0.6 is 11.3 Å². The molecule has 0 unspecified atom stereocenters. The summed E-state index contributed by atoms with van der Waals surface area (Å²) < 4.78 is 45.9. The van der Waals surface area contributed by atoms with Crippen LogP contribution in [0.4, 0.5) is 4.39 Å². The van der Waals surface area contributed by atoms with E-state index in [2.05, 4.69) is 9.62 Å². The molecule has 1 N–H and O–H groups in total. The average Bonchev–Trinajstić information content (AvgIpc) is 3.11. The van der Waals surface area contributed by atoms with E-state index in [1.807, 2.05) is 17.5 Å². The van der Waals surface area contributed by atoms with Crippen LogP contribution in [0.15, 0.2) is 46.7 Å². The molecule has 0 aliphatic carbocycles. The number of sulfonamides is 1. The minimum absolute atomic E-state index is 0.0378. The molecule has 8 heteroatoms. The third kappa shape index (κ3) is 4.20. The van der Waals surface area contributed by atoms with Crippen LogP contribution in [-0.4, -0.2) is 46.2 Å². The van der Waals surface area contributed by atoms with Gasteiger partial charge < -0.3 is 4.74 Å². The monoisotopic (exact) mass is 370 g/mol. The smallest absolute Gasteiger partial charge is 0.240 e. The number of nitrogens with zero attached hydrogens (tertiary/aromatic N) is 1. The van der Waals surface area contributed by atoms with Gasteiger partial charge in [-0.1, -0.05) is 6.07 Å². The molecule has 0 amide bonds. The summed E-state index contributed by atoms with van der Waals surface area (Å²) in [7, 11) is -3.67. The maximum atomic E-state index is 13.0. The number of hydrogen-bond donors (Lipinski definition) is 1. The van der Waals surface area contributed by atoms with E-state index in [1.165, 1.54) is 12.1 Å². The first-order valence-electron chi connectivity index (χ1n) is 7.67. The van der Waals surface area contributed by atoms with Gasteiger partial charge in [-0.25, -0.2) is 17.5 Å². The van der Waals surface area contributed by atoms with Gasteiger partial charge in [0.25, 0.3) is 0 Å². The molecule has 130 valence electrons. The van der Waals surface area contributed by atoms with E-state index < -0.39 is 15.8 Å². The van der Waals surface area contributed by atoms with Crippen molar-refractivity contribution in [1.82, 2.24) is 9.62 Å². The Morgan fingerprint density at radius 3 is 2.54 bits per heavy atom. The first kappa shape index (κ1) is 17.5. The summed E-state index contributed by atoms with van der Waals surface area (Å²) in [5.41, 5.74) is 0. The molecule has 0 spiro atoms. The first-order chi connectivity index (χ1) is 11.6. The number of rotatable bonds is 6. The SMILES string of the molecule is O=S(=O)(NC[C@@H](c1cccs1)N1CCOCC1)c1ccc(F)cc1. The summed E-state index contributed by atoms with van der Waals surface area (Å²) in [5, 5.41) is 1.98. The lowest BCUT2D eigenvalue weighted by molar-refractivity contribution is 0.0179. The summed E-state index contributed by atoms with van der Waals surface area (Å²) in [6.07, 6.45) is 0. The molecular formula is C16H19FN2O3S2. The summed E-state index contributed by atoms with van der Waals surface area (Å²) in [6, 6.07) is 8.77. The maximum Gasteiger partial charge on any atom is 0.240 e. The van der Waals surface area contributed by atoms with Gasteiger partial charge >= 0.3 is 0 Å². The molecule has 2 aromatic rings. The zero-order valence-corrected chi connectivity index (χ0v) is 14.7. The number of hydrogen-bond acceptors (Lipinski definition) is 5. The highest BCUT2D eigenvalue weighted by molar-refractivity contribution is 7.89. The molecule has 1 aromatic carbocycles. The number of ether oxygens (including phenoxy) is 1. The summed E-state index contributed by atoms with van der Waals surface area (Å²) in [6.45, 7) is 3.08. The predicted molar refractivity (Wildman–Crippen MR) is 91.0 cm³/mol. The molecule has 1 saturated heterocycles. The fourth-order valence-corrected chi connectivity index (χ4v) is 4.56. The highest BCUT2D eigenvalue weighted by atomic mass is 32.2. The van der Waals surface area contributed by atoms with E-state index in [4.69, 9.17) is 4.74 Å². The largest absolute Gasteiger partial charge is 0.379 e. The van der Waals surface area contributed by atoms with Crippen LogP contribution in [0.2, 0.25) is 0 Å². The van der Waals surface area contributed by atoms with Crippen LogP contribution in [0, 0.1) is 5.82 Å². The molecule has 1 aromatic heterocycles. The number of nitrogens with one attached hydrogen (secondary N) is 1. The number of morpholine rings is 1. The van der Waals surface area contributed by atoms with Crippen molar-refractivity contribution in [2.75, 3.05) is 32.8 Å². The van der Waals surface area contributed by atoms with Crippen LogP contribution in [0.3, 0.4) is 0 Å². The molecule has 3 rings (SSSR count).